The Labute approximate surface area is 146 Å². The third-order valence-electron chi connectivity index (χ3n) is 4.49. The Bertz CT molecular complexity index is 789. The fraction of sp³-hybridized carbons (Fsp3) is 0.350. The van der Waals surface area contributed by atoms with Gasteiger partial charge in [-0.3, -0.25) is 4.79 Å². The second kappa shape index (κ2) is 7.21. The Morgan fingerprint density at radius 2 is 2.00 bits per heavy atom. The molecule has 1 heterocycles. The molecular formula is C20H22F2N2O. The Morgan fingerprint density at radius 3 is 2.76 bits per heavy atom. The van der Waals surface area contributed by atoms with Crippen LogP contribution < -0.4 is 10.2 Å². The van der Waals surface area contributed by atoms with Gasteiger partial charge in [-0.05, 0) is 42.0 Å². The number of amides is 1. The van der Waals surface area contributed by atoms with Crippen LogP contribution in [0.15, 0.2) is 36.4 Å². The molecule has 132 valence electrons. The topological polar surface area (TPSA) is 32.3 Å². The fourth-order valence-corrected chi connectivity index (χ4v) is 3.37. The maximum atomic E-state index is 14.2. The summed E-state index contributed by atoms with van der Waals surface area (Å²) in [5.41, 5.74) is 2.81. The molecule has 0 aliphatic carbocycles. The lowest BCUT2D eigenvalue weighted by molar-refractivity contribution is -0.115. The maximum absolute atomic E-state index is 14.2. The minimum absolute atomic E-state index is 0.0436. The molecule has 2 aromatic carbocycles. The average Bonchev–Trinajstić information content (AvgIpc) is 2.54. The van der Waals surface area contributed by atoms with Gasteiger partial charge in [0.25, 0.3) is 0 Å². The van der Waals surface area contributed by atoms with Crippen molar-refractivity contribution in [2.45, 2.75) is 32.6 Å². The highest BCUT2D eigenvalue weighted by molar-refractivity contribution is 5.95. The van der Waals surface area contributed by atoms with E-state index in [1.165, 1.54) is 6.07 Å². The number of anilines is 2. The first kappa shape index (κ1) is 17.4. The Hall–Kier alpha value is -2.43. The summed E-state index contributed by atoms with van der Waals surface area (Å²) in [6, 6.07) is 9.90. The monoisotopic (exact) mass is 344 g/mol. The van der Waals surface area contributed by atoms with E-state index >= 15 is 0 Å². The number of fused-ring (bicyclic) bond motifs is 1. The van der Waals surface area contributed by atoms with E-state index in [1.807, 2.05) is 24.3 Å². The number of benzene rings is 2. The maximum Gasteiger partial charge on any atom is 0.243 e. The van der Waals surface area contributed by atoms with Crippen molar-refractivity contribution < 1.29 is 13.6 Å². The van der Waals surface area contributed by atoms with Crippen molar-refractivity contribution in [3.63, 3.8) is 0 Å². The highest BCUT2D eigenvalue weighted by Gasteiger charge is 2.24. The Kier molecular flexibility index (Phi) is 5.02. The summed E-state index contributed by atoms with van der Waals surface area (Å²) >= 11 is 0. The van der Waals surface area contributed by atoms with Crippen LogP contribution in [0.5, 0.6) is 0 Å². The molecule has 1 amide bonds. The van der Waals surface area contributed by atoms with Crippen LogP contribution in [-0.2, 0) is 11.2 Å². The highest BCUT2D eigenvalue weighted by Crippen LogP contribution is 2.31. The number of rotatable bonds is 4. The van der Waals surface area contributed by atoms with E-state index in [9.17, 15) is 13.6 Å². The first-order chi connectivity index (χ1) is 12.0. The van der Waals surface area contributed by atoms with Crippen molar-refractivity contribution in [3.8, 4) is 0 Å². The Morgan fingerprint density at radius 1 is 1.24 bits per heavy atom. The van der Waals surface area contributed by atoms with Crippen LogP contribution in [0, 0.1) is 11.6 Å². The van der Waals surface area contributed by atoms with Crippen molar-refractivity contribution in [3.05, 3.63) is 59.2 Å². The zero-order valence-electron chi connectivity index (χ0n) is 14.5. The van der Waals surface area contributed by atoms with E-state index in [-0.39, 0.29) is 18.4 Å². The molecule has 3 nitrogen and oxygen atoms in total. The minimum Gasteiger partial charge on any atom is -0.360 e. The van der Waals surface area contributed by atoms with Gasteiger partial charge in [-0.1, -0.05) is 32.0 Å². The molecule has 3 rings (SSSR count). The van der Waals surface area contributed by atoms with Gasteiger partial charge in [0.05, 0.1) is 12.2 Å². The predicted octanol–water partition coefficient (Wildman–Crippen LogP) is 4.48. The first-order valence-electron chi connectivity index (χ1n) is 8.57. The second-order valence-corrected chi connectivity index (χ2v) is 6.71. The zero-order chi connectivity index (χ0) is 18.0. The van der Waals surface area contributed by atoms with E-state index in [0.29, 0.717) is 24.2 Å². The van der Waals surface area contributed by atoms with Gasteiger partial charge in [-0.15, -0.1) is 0 Å². The van der Waals surface area contributed by atoms with Crippen LogP contribution in [0.2, 0.25) is 0 Å². The van der Waals surface area contributed by atoms with Crippen molar-refractivity contribution >= 4 is 17.3 Å². The normalized spacial score (nSPS) is 13.7. The van der Waals surface area contributed by atoms with Crippen LogP contribution >= 0.6 is 0 Å². The summed E-state index contributed by atoms with van der Waals surface area (Å²) in [5.74, 6) is -1.10. The zero-order valence-corrected chi connectivity index (χ0v) is 14.5. The van der Waals surface area contributed by atoms with Gasteiger partial charge in [-0.25, -0.2) is 8.78 Å². The number of carbonyl (C=O) groups excluding carboxylic acids is 1. The molecule has 0 atom stereocenters. The van der Waals surface area contributed by atoms with E-state index in [0.717, 1.165) is 23.7 Å². The van der Waals surface area contributed by atoms with Gasteiger partial charge in [0.2, 0.25) is 5.91 Å². The molecular weight excluding hydrogens is 322 g/mol. The fourth-order valence-electron chi connectivity index (χ4n) is 3.37. The lowest BCUT2D eigenvalue weighted by Gasteiger charge is -2.31. The smallest absolute Gasteiger partial charge is 0.243 e. The molecule has 1 N–H and O–H groups in total. The number of carbonyl (C=O) groups is 1. The summed E-state index contributed by atoms with van der Waals surface area (Å²) in [7, 11) is 0. The lowest BCUT2D eigenvalue weighted by atomic mass is 10.0. The van der Waals surface area contributed by atoms with Crippen LogP contribution in [0.1, 0.15) is 37.3 Å². The summed E-state index contributed by atoms with van der Waals surface area (Å²) < 4.78 is 27.6. The number of nitrogens with zero attached hydrogens (tertiary/aromatic N) is 1. The first-order valence-corrected chi connectivity index (χ1v) is 8.57. The van der Waals surface area contributed by atoms with Gasteiger partial charge >= 0.3 is 0 Å². The second-order valence-electron chi connectivity index (χ2n) is 6.71. The summed E-state index contributed by atoms with van der Waals surface area (Å²) in [6.45, 7) is 4.75. The number of hydrogen-bond acceptors (Lipinski definition) is 2. The molecule has 0 radical (unpaired) electrons. The number of nitrogens with one attached hydrogen (secondary N) is 1. The molecule has 5 heteroatoms. The number of halogens is 2. The molecule has 0 aromatic heterocycles. The molecule has 0 saturated heterocycles. The van der Waals surface area contributed by atoms with E-state index in [2.05, 4.69) is 19.2 Å². The summed E-state index contributed by atoms with van der Waals surface area (Å²) in [4.78, 5) is 14.2. The highest BCUT2D eigenvalue weighted by atomic mass is 19.1. The van der Waals surface area contributed by atoms with E-state index in [1.54, 1.807) is 4.90 Å². The van der Waals surface area contributed by atoms with Crippen LogP contribution in [-0.4, -0.2) is 19.0 Å². The third-order valence-corrected chi connectivity index (χ3v) is 4.49. The predicted molar refractivity (Wildman–Crippen MR) is 96.1 cm³/mol. The number of para-hydroxylation sites is 1. The van der Waals surface area contributed by atoms with E-state index in [4.69, 9.17) is 0 Å². The molecule has 25 heavy (non-hydrogen) atoms. The molecule has 0 bridgehead atoms. The quantitative estimate of drug-likeness (QED) is 0.887. The number of aryl methyl sites for hydroxylation is 1. The van der Waals surface area contributed by atoms with Crippen molar-refractivity contribution in [2.24, 2.45) is 0 Å². The third kappa shape index (κ3) is 3.81. The molecule has 1 aliphatic heterocycles. The Balaban J connectivity index is 1.78. The summed E-state index contributed by atoms with van der Waals surface area (Å²) in [5, 5.41) is 2.92. The molecule has 0 fully saturated rings. The van der Waals surface area contributed by atoms with Gasteiger partial charge < -0.3 is 10.2 Å². The van der Waals surface area contributed by atoms with Crippen LogP contribution in [0.3, 0.4) is 0 Å². The van der Waals surface area contributed by atoms with Crippen molar-refractivity contribution in [1.82, 2.24) is 0 Å². The minimum atomic E-state index is -0.606. The van der Waals surface area contributed by atoms with Crippen LogP contribution in [0.25, 0.3) is 0 Å². The standard InChI is InChI=1S/C20H22F2N2O/c1-13(2)16-7-3-4-8-18(16)23-19(25)12-24-9-5-6-14-10-15(21)11-17(22)20(14)24/h3-4,7-8,10-11,13H,5-6,9,12H2,1-2H3,(H,23,25). The summed E-state index contributed by atoms with van der Waals surface area (Å²) in [6.07, 6.45) is 1.39. The SMILES string of the molecule is CC(C)c1ccccc1NC(=O)CN1CCCc2cc(F)cc(F)c21. The van der Waals surface area contributed by atoms with E-state index < -0.39 is 11.6 Å². The van der Waals surface area contributed by atoms with Gasteiger partial charge in [0.15, 0.2) is 0 Å². The van der Waals surface area contributed by atoms with Crippen molar-refractivity contribution in [2.75, 3.05) is 23.3 Å². The van der Waals surface area contributed by atoms with Crippen LogP contribution in [0.4, 0.5) is 20.2 Å². The number of hydrogen-bond donors (Lipinski definition) is 1. The lowest BCUT2D eigenvalue weighted by Crippen LogP contribution is -2.37. The average molecular weight is 344 g/mol. The molecule has 0 spiro atoms. The molecule has 1 aliphatic rings. The van der Waals surface area contributed by atoms with Gasteiger partial charge in [0.1, 0.15) is 11.6 Å². The largest absolute Gasteiger partial charge is 0.360 e. The molecule has 0 unspecified atom stereocenters. The van der Waals surface area contributed by atoms with Crippen molar-refractivity contribution in [1.29, 1.82) is 0 Å². The van der Waals surface area contributed by atoms with Gasteiger partial charge in [0, 0.05) is 18.3 Å². The van der Waals surface area contributed by atoms with Gasteiger partial charge in [-0.2, -0.15) is 0 Å². The molecule has 2 aromatic rings. The molecule has 0 saturated carbocycles.